The normalized spacial score (nSPS) is 15.1. The number of piperazine rings is 1. The number of hydrogen-bond acceptors (Lipinski definition) is 4. The van der Waals surface area contributed by atoms with Crippen molar-refractivity contribution in [1.29, 1.82) is 0 Å². The Balaban J connectivity index is 1.54. The van der Waals surface area contributed by atoms with Crippen molar-refractivity contribution in [3.05, 3.63) is 58.8 Å². The van der Waals surface area contributed by atoms with E-state index in [0.29, 0.717) is 12.2 Å². The van der Waals surface area contributed by atoms with E-state index in [1.807, 2.05) is 25.1 Å². The summed E-state index contributed by atoms with van der Waals surface area (Å²) in [6, 6.07) is 12.3. The summed E-state index contributed by atoms with van der Waals surface area (Å²) in [5.74, 6) is -0.0381. The second-order valence-corrected chi connectivity index (χ2v) is 7.75. The van der Waals surface area contributed by atoms with Crippen LogP contribution >= 0.6 is 0 Å². The maximum Gasteiger partial charge on any atom is 0.352 e. The van der Waals surface area contributed by atoms with Gasteiger partial charge in [0, 0.05) is 60.9 Å². The SMILES string of the molecule is COc1cccc(N2CCN(Cc3c(C(=O)O)[nH]c4cc(C)cc(C)c34)CC2)c1. The van der Waals surface area contributed by atoms with Crippen LogP contribution in [0.2, 0.25) is 0 Å². The largest absolute Gasteiger partial charge is 0.497 e. The number of carboxylic acid groups (broad SMARTS) is 1. The quantitative estimate of drug-likeness (QED) is 0.690. The van der Waals surface area contributed by atoms with Gasteiger partial charge in [-0.1, -0.05) is 12.1 Å². The number of fused-ring (bicyclic) bond motifs is 1. The number of ether oxygens (including phenoxy) is 1. The lowest BCUT2D eigenvalue weighted by atomic mass is 10.0. The molecule has 0 spiro atoms. The Bertz CT molecular complexity index is 1050. The van der Waals surface area contributed by atoms with Crippen LogP contribution in [0.25, 0.3) is 10.9 Å². The van der Waals surface area contributed by atoms with E-state index in [-0.39, 0.29) is 0 Å². The van der Waals surface area contributed by atoms with E-state index in [4.69, 9.17) is 4.74 Å². The number of aryl methyl sites for hydroxylation is 2. The second kappa shape index (κ2) is 7.79. The smallest absolute Gasteiger partial charge is 0.352 e. The van der Waals surface area contributed by atoms with Gasteiger partial charge in [0.25, 0.3) is 0 Å². The fourth-order valence-corrected chi connectivity index (χ4v) is 4.34. The van der Waals surface area contributed by atoms with Gasteiger partial charge in [0.2, 0.25) is 0 Å². The van der Waals surface area contributed by atoms with Gasteiger partial charge >= 0.3 is 5.97 Å². The molecular formula is C23H27N3O3. The second-order valence-electron chi connectivity index (χ2n) is 7.75. The summed E-state index contributed by atoms with van der Waals surface area (Å²) in [6.45, 7) is 8.29. The third kappa shape index (κ3) is 3.80. The highest BCUT2D eigenvalue weighted by atomic mass is 16.5. The number of aromatic carboxylic acids is 1. The van der Waals surface area contributed by atoms with Gasteiger partial charge in [-0.3, -0.25) is 4.90 Å². The van der Waals surface area contributed by atoms with Gasteiger partial charge in [0.1, 0.15) is 11.4 Å². The summed E-state index contributed by atoms with van der Waals surface area (Å²) < 4.78 is 5.34. The Morgan fingerprint density at radius 1 is 1.14 bits per heavy atom. The maximum atomic E-state index is 11.9. The van der Waals surface area contributed by atoms with Crippen LogP contribution in [0.1, 0.15) is 27.2 Å². The van der Waals surface area contributed by atoms with Crippen LogP contribution < -0.4 is 9.64 Å². The molecule has 1 fully saturated rings. The maximum absolute atomic E-state index is 11.9. The van der Waals surface area contributed by atoms with Gasteiger partial charge in [-0.25, -0.2) is 4.79 Å². The third-order valence-electron chi connectivity index (χ3n) is 5.73. The summed E-state index contributed by atoms with van der Waals surface area (Å²) in [4.78, 5) is 19.7. The number of H-pyrrole nitrogens is 1. The Hall–Kier alpha value is -2.99. The van der Waals surface area contributed by atoms with Crippen molar-refractivity contribution in [2.45, 2.75) is 20.4 Å². The third-order valence-corrected chi connectivity index (χ3v) is 5.73. The number of nitrogens with zero attached hydrogens (tertiary/aromatic N) is 2. The molecule has 29 heavy (non-hydrogen) atoms. The monoisotopic (exact) mass is 393 g/mol. The first-order chi connectivity index (χ1) is 14.0. The van der Waals surface area contributed by atoms with E-state index < -0.39 is 5.97 Å². The molecule has 2 heterocycles. The van der Waals surface area contributed by atoms with Crippen LogP contribution in [-0.4, -0.2) is 54.2 Å². The lowest BCUT2D eigenvalue weighted by Crippen LogP contribution is -2.46. The van der Waals surface area contributed by atoms with E-state index in [9.17, 15) is 9.90 Å². The number of rotatable bonds is 5. The number of nitrogens with one attached hydrogen (secondary N) is 1. The molecule has 1 aromatic heterocycles. The summed E-state index contributed by atoms with van der Waals surface area (Å²) in [5, 5.41) is 10.8. The number of aromatic nitrogens is 1. The first-order valence-corrected chi connectivity index (χ1v) is 9.92. The van der Waals surface area contributed by atoms with Crippen molar-refractivity contribution in [2.24, 2.45) is 0 Å². The summed E-state index contributed by atoms with van der Waals surface area (Å²) in [7, 11) is 1.68. The molecule has 1 aliphatic rings. The van der Waals surface area contributed by atoms with Gasteiger partial charge in [0.05, 0.1) is 7.11 Å². The van der Waals surface area contributed by atoms with Crippen LogP contribution in [0, 0.1) is 13.8 Å². The topological polar surface area (TPSA) is 68.8 Å². The van der Waals surface area contributed by atoms with Crippen molar-refractivity contribution in [1.82, 2.24) is 9.88 Å². The molecule has 0 bridgehead atoms. The first kappa shape index (κ1) is 19.3. The fourth-order valence-electron chi connectivity index (χ4n) is 4.34. The van der Waals surface area contributed by atoms with E-state index in [1.165, 1.54) is 0 Å². The highest BCUT2D eigenvalue weighted by molar-refractivity contribution is 5.99. The number of carbonyl (C=O) groups is 1. The van der Waals surface area contributed by atoms with Crippen LogP contribution in [0.15, 0.2) is 36.4 Å². The van der Waals surface area contributed by atoms with E-state index in [2.05, 4.69) is 39.9 Å². The Morgan fingerprint density at radius 3 is 2.59 bits per heavy atom. The molecule has 0 saturated carbocycles. The number of benzene rings is 2. The molecule has 2 N–H and O–H groups in total. The predicted molar refractivity (Wildman–Crippen MR) is 115 cm³/mol. The van der Waals surface area contributed by atoms with Gasteiger partial charge in [0.15, 0.2) is 0 Å². The average Bonchev–Trinajstić information content (AvgIpc) is 3.07. The van der Waals surface area contributed by atoms with Crippen LogP contribution in [-0.2, 0) is 6.54 Å². The lowest BCUT2D eigenvalue weighted by Gasteiger charge is -2.36. The molecule has 6 nitrogen and oxygen atoms in total. The van der Waals surface area contributed by atoms with E-state index in [0.717, 1.165) is 65.2 Å². The molecule has 3 aromatic rings. The van der Waals surface area contributed by atoms with Crippen molar-refractivity contribution < 1.29 is 14.6 Å². The summed E-state index contributed by atoms with van der Waals surface area (Å²) >= 11 is 0. The molecule has 4 rings (SSSR count). The molecule has 0 aliphatic carbocycles. The van der Waals surface area contributed by atoms with E-state index >= 15 is 0 Å². The molecule has 0 unspecified atom stereocenters. The Kier molecular flexibility index (Phi) is 5.20. The van der Waals surface area contributed by atoms with E-state index in [1.54, 1.807) is 7.11 Å². The molecule has 0 amide bonds. The van der Waals surface area contributed by atoms with Crippen molar-refractivity contribution >= 4 is 22.6 Å². The number of hydrogen-bond donors (Lipinski definition) is 2. The molecule has 6 heteroatoms. The number of aromatic amines is 1. The number of anilines is 1. The van der Waals surface area contributed by atoms with Gasteiger partial charge in [-0.2, -0.15) is 0 Å². The predicted octanol–water partition coefficient (Wildman–Crippen LogP) is 3.81. The molecule has 0 radical (unpaired) electrons. The van der Waals surface area contributed by atoms with Gasteiger partial charge in [-0.15, -0.1) is 0 Å². The fraction of sp³-hybridized carbons (Fsp3) is 0.348. The zero-order valence-electron chi connectivity index (χ0n) is 17.2. The highest BCUT2D eigenvalue weighted by Gasteiger charge is 2.23. The molecule has 152 valence electrons. The average molecular weight is 393 g/mol. The molecule has 1 saturated heterocycles. The first-order valence-electron chi connectivity index (χ1n) is 9.92. The standard InChI is InChI=1S/C23H27N3O3/c1-15-11-16(2)21-19(22(23(27)28)24-20(21)12-15)14-25-7-9-26(10-8-25)17-5-4-6-18(13-17)29-3/h4-6,11-13,24H,7-10,14H2,1-3H3,(H,27,28). The van der Waals surface area contributed by atoms with Crippen LogP contribution in [0.5, 0.6) is 5.75 Å². The minimum Gasteiger partial charge on any atom is -0.497 e. The van der Waals surface area contributed by atoms with Crippen molar-refractivity contribution in [3.8, 4) is 5.75 Å². The molecular weight excluding hydrogens is 366 g/mol. The van der Waals surface area contributed by atoms with Crippen LogP contribution in [0.3, 0.4) is 0 Å². The van der Waals surface area contributed by atoms with Crippen molar-refractivity contribution in [2.75, 3.05) is 38.2 Å². The summed E-state index contributed by atoms with van der Waals surface area (Å²) in [6.07, 6.45) is 0. The van der Waals surface area contributed by atoms with Crippen LogP contribution in [0.4, 0.5) is 5.69 Å². The molecule has 0 atom stereocenters. The molecule has 1 aliphatic heterocycles. The van der Waals surface area contributed by atoms with Gasteiger partial charge in [-0.05, 0) is 43.2 Å². The zero-order valence-corrected chi connectivity index (χ0v) is 17.2. The zero-order chi connectivity index (χ0) is 20.5. The minimum absolute atomic E-state index is 0.309. The van der Waals surface area contributed by atoms with Crippen molar-refractivity contribution in [3.63, 3.8) is 0 Å². The lowest BCUT2D eigenvalue weighted by molar-refractivity contribution is 0.0689. The number of carboxylic acids is 1. The minimum atomic E-state index is -0.900. The Morgan fingerprint density at radius 2 is 1.90 bits per heavy atom. The highest BCUT2D eigenvalue weighted by Crippen LogP contribution is 2.29. The summed E-state index contributed by atoms with van der Waals surface area (Å²) in [5.41, 5.74) is 5.52. The Labute approximate surface area is 170 Å². The number of methoxy groups -OCH3 is 1. The van der Waals surface area contributed by atoms with Gasteiger partial charge < -0.3 is 19.7 Å². The molecule has 2 aromatic carbocycles.